The molecule has 3 aromatic rings. The quantitative estimate of drug-likeness (QED) is 0.364. The fourth-order valence-electron chi connectivity index (χ4n) is 4.82. The van der Waals surface area contributed by atoms with Crippen LogP contribution in [-0.4, -0.2) is 42.4 Å². The molecule has 1 unspecified atom stereocenters. The predicted molar refractivity (Wildman–Crippen MR) is 150 cm³/mol. The van der Waals surface area contributed by atoms with Crippen LogP contribution in [0.15, 0.2) is 42.5 Å². The van der Waals surface area contributed by atoms with Crippen LogP contribution < -0.4 is 31.2 Å². The molecule has 0 radical (unpaired) electrons. The van der Waals surface area contributed by atoms with E-state index in [2.05, 4.69) is 9.69 Å². The molecule has 2 aromatic carbocycles. The van der Waals surface area contributed by atoms with Crippen molar-refractivity contribution in [3.05, 3.63) is 64.2 Å². The lowest BCUT2D eigenvalue weighted by molar-refractivity contribution is -0.123. The molecule has 0 saturated heterocycles. The summed E-state index contributed by atoms with van der Waals surface area (Å²) in [5, 5.41) is 3.17. The van der Waals surface area contributed by atoms with E-state index in [1.165, 1.54) is 12.0 Å². The van der Waals surface area contributed by atoms with Crippen molar-refractivity contribution < 1.29 is 23.9 Å². The fourth-order valence-corrected chi connectivity index (χ4v) is 5.57. The summed E-state index contributed by atoms with van der Waals surface area (Å²) in [6.07, 6.45) is 4.92. The maximum Gasteiger partial charge on any atom is 0.273 e. The molecular formula is C28H33N5O5S. The molecule has 3 amide bonds. The minimum Gasteiger partial charge on any atom is -0.497 e. The Kier molecular flexibility index (Phi) is 8.70. The maximum atomic E-state index is 14.3. The van der Waals surface area contributed by atoms with Gasteiger partial charge in [-0.05, 0) is 66.7 Å². The third-order valence-corrected chi connectivity index (χ3v) is 7.71. The number of aromatic nitrogens is 1. The first kappa shape index (κ1) is 27.9. The summed E-state index contributed by atoms with van der Waals surface area (Å²) in [6.45, 7) is 1.88. The van der Waals surface area contributed by atoms with Crippen LogP contribution in [0.3, 0.4) is 0 Å². The van der Waals surface area contributed by atoms with Crippen LogP contribution in [0, 0.1) is 6.92 Å². The first-order valence-corrected chi connectivity index (χ1v) is 13.5. The van der Waals surface area contributed by atoms with E-state index in [1.54, 1.807) is 43.5 Å². The van der Waals surface area contributed by atoms with E-state index in [9.17, 15) is 14.4 Å². The monoisotopic (exact) mass is 551 g/mol. The molecule has 0 aliphatic heterocycles. The first-order valence-electron chi connectivity index (χ1n) is 12.7. The molecular weight excluding hydrogens is 518 g/mol. The van der Waals surface area contributed by atoms with Gasteiger partial charge in [-0.15, -0.1) is 0 Å². The zero-order valence-corrected chi connectivity index (χ0v) is 23.0. The highest BCUT2D eigenvalue weighted by Gasteiger charge is 2.38. The van der Waals surface area contributed by atoms with E-state index in [1.807, 2.05) is 13.0 Å². The number of nitrogens with two attached hydrogens (primary N) is 2. The number of nitrogens with zero attached hydrogens (tertiary/aromatic N) is 2. The Bertz CT molecular complexity index is 1350. The first-order chi connectivity index (χ1) is 18.7. The number of hydrogen-bond donors (Lipinski definition) is 3. The zero-order valence-electron chi connectivity index (χ0n) is 22.2. The number of aryl methyl sites for hydroxylation is 1. The fraction of sp³-hybridized carbons (Fsp3) is 0.357. The topological polar surface area (TPSA) is 150 Å². The second-order valence-electron chi connectivity index (χ2n) is 9.51. The molecule has 10 nitrogen and oxygen atoms in total. The van der Waals surface area contributed by atoms with Gasteiger partial charge in [-0.1, -0.05) is 37.5 Å². The highest BCUT2D eigenvalue weighted by atomic mass is 32.1. The maximum absolute atomic E-state index is 14.3. The van der Waals surface area contributed by atoms with Crippen LogP contribution in [0.25, 0.3) is 0 Å². The molecule has 1 atom stereocenters. The van der Waals surface area contributed by atoms with Crippen molar-refractivity contribution in [2.24, 2.45) is 5.73 Å². The Balaban J connectivity index is 1.90. The van der Waals surface area contributed by atoms with Gasteiger partial charge in [0, 0.05) is 6.04 Å². The van der Waals surface area contributed by atoms with E-state index in [4.69, 9.17) is 20.9 Å². The summed E-state index contributed by atoms with van der Waals surface area (Å²) in [5.41, 5.74) is 13.0. The second-order valence-corrected chi connectivity index (χ2v) is 10.3. The number of methoxy groups -OCH3 is 2. The standard InChI is InChI=1S/C28H33N5O5S/c1-16-9-14-21(38-3)20(15-16)33(28(36)25-22(29)23(26(30)34)32-39-25)24(17-10-12-19(37-2)13-11-17)27(35)31-18-7-5-4-6-8-18/h9-15,18,24H,4-8,29H2,1-3H3,(H2,30,34)(H,31,35). The van der Waals surface area contributed by atoms with Gasteiger partial charge in [-0.3, -0.25) is 19.3 Å². The van der Waals surface area contributed by atoms with E-state index >= 15 is 0 Å². The molecule has 206 valence electrons. The third kappa shape index (κ3) is 5.98. The van der Waals surface area contributed by atoms with Crippen LogP contribution in [0.5, 0.6) is 11.5 Å². The zero-order chi connectivity index (χ0) is 28.1. The molecule has 39 heavy (non-hydrogen) atoms. The normalized spacial score (nSPS) is 14.3. The number of ether oxygens (including phenoxy) is 2. The SMILES string of the molecule is COc1ccc(C(C(=O)NC2CCCCC2)N(C(=O)c2snc(C(N)=O)c2N)c2cc(C)ccc2OC)cc1. The molecule has 0 bridgehead atoms. The largest absolute Gasteiger partial charge is 0.497 e. The molecule has 0 spiro atoms. The Morgan fingerprint density at radius 3 is 2.33 bits per heavy atom. The van der Waals surface area contributed by atoms with Crippen LogP contribution in [-0.2, 0) is 4.79 Å². The summed E-state index contributed by atoms with van der Waals surface area (Å²) >= 11 is 0.760. The molecule has 1 heterocycles. The van der Waals surface area contributed by atoms with Crippen molar-refractivity contribution in [2.75, 3.05) is 24.9 Å². The molecule has 1 aliphatic carbocycles. The van der Waals surface area contributed by atoms with E-state index < -0.39 is 17.9 Å². The van der Waals surface area contributed by atoms with Crippen molar-refractivity contribution in [1.29, 1.82) is 0 Å². The van der Waals surface area contributed by atoms with Gasteiger partial charge < -0.3 is 26.3 Å². The van der Waals surface area contributed by atoms with Gasteiger partial charge in [-0.2, -0.15) is 4.37 Å². The number of hydrogen-bond acceptors (Lipinski definition) is 8. The number of amides is 3. The van der Waals surface area contributed by atoms with Crippen LogP contribution >= 0.6 is 11.5 Å². The predicted octanol–water partition coefficient (Wildman–Crippen LogP) is 3.99. The number of nitrogen functional groups attached to an aromatic ring is 1. The Hall–Kier alpha value is -4.12. The van der Waals surface area contributed by atoms with Gasteiger partial charge in [0.25, 0.3) is 11.8 Å². The minimum absolute atomic E-state index is 0.00158. The number of anilines is 2. The number of primary amides is 1. The summed E-state index contributed by atoms with van der Waals surface area (Å²) in [6, 6.07) is 11.2. The van der Waals surface area contributed by atoms with Gasteiger partial charge >= 0.3 is 0 Å². The number of rotatable bonds is 9. The number of carbonyl (C=O) groups excluding carboxylic acids is 3. The number of nitrogens with one attached hydrogen (secondary N) is 1. The van der Waals surface area contributed by atoms with Crippen LogP contribution in [0.4, 0.5) is 11.4 Å². The molecule has 1 aromatic heterocycles. The number of carbonyl (C=O) groups is 3. The number of benzene rings is 2. The Morgan fingerprint density at radius 1 is 1.05 bits per heavy atom. The smallest absolute Gasteiger partial charge is 0.273 e. The van der Waals surface area contributed by atoms with Crippen LogP contribution in [0.1, 0.15) is 69.4 Å². The van der Waals surface area contributed by atoms with E-state index in [0.717, 1.165) is 49.2 Å². The summed E-state index contributed by atoms with van der Waals surface area (Å²) in [7, 11) is 3.05. The lowest BCUT2D eigenvalue weighted by Gasteiger charge is -2.34. The Morgan fingerprint density at radius 2 is 1.74 bits per heavy atom. The lowest BCUT2D eigenvalue weighted by Crippen LogP contribution is -2.47. The van der Waals surface area contributed by atoms with Gasteiger partial charge in [0.1, 0.15) is 22.4 Å². The van der Waals surface area contributed by atoms with Crippen molar-refractivity contribution >= 4 is 40.6 Å². The highest BCUT2D eigenvalue weighted by Crippen LogP contribution is 2.39. The van der Waals surface area contributed by atoms with Crippen molar-refractivity contribution in [3.63, 3.8) is 0 Å². The molecule has 4 rings (SSSR count). The molecule has 1 fully saturated rings. The lowest BCUT2D eigenvalue weighted by atomic mass is 9.94. The highest BCUT2D eigenvalue weighted by molar-refractivity contribution is 7.09. The molecule has 5 N–H and O–H groups in total. The van der Waals surface area contributed by atoms with E-state index in [0.29, 0.717) is 22.7 Å². The average Bonchev–Trinajstić information content (AvgIpc) is 3.33. The summed E-state index contributed by atoms with van der Waals surface area (Å²) in [4.78, 5) is 41.6. The van der Waals surface area contributed by atoms with E-state index in [-0.39, 0.29) is 28.2 Å². The van der Waals surface area contributed by atoms with Gasteiger partial charge in [-0.25, -0.2) is 0 Å². The van der Waals surface area contributed by atoms with Crippen molar-refractivity contribution in [2.45, 2.75) is 51.1 Å². The average molecular weight is 552 g/mol. The van der Waals surface area contributed by atoms with Crippen molar-refractivity contribution in [1.82, 2.24) is 9.69 Å². The van der Waals surface area contributed by atoms with Crippen LogP contribution in [0.2, 0.25) is 0 Å². The summed E-state index contributed by atoms with van der Waals surface area (Å²) in [5.74, 6) is -0.808. The molecule has 11 heteroatoms. The molecule has 1 saturated carbocycles. The molecule has 1 aliphatic rings. The van der Waals surface area contributed by atoms with Gasteiger partial charge in [0.2, 0.25) is 5.91 Å². The summed E-state index contributed by atoms with van der Waals surface area (Å²) < 4.78 is 15.0. The third-order valence-electron chi connectivity index (χ3n) is 6.86. The van der Waals surface area contributed by atoms with Gasteiger partial charge in [0.15, 0.2) is 5.69 Å². The second kappa shape index (κ2) is 12.2. The Labute approximate surface area is 231 Å². The van der Waals surface area contributed by atoms with Crippen molar-refractivity contribution in [3.8, 4) is 11.5 Å². The van der Waals surface area contributed by atoms with Gasteiger partial charge in [0.05, 0.1) is 25.6 Å². The minimum atomic E-state index is -1.10.